The van der Waals surface area contributed by atoms with Crippen LogP contribution in [0.15, 0.2) is 53.4 Å². The van der Waals surface area contributed by atoms with Gasteiger partial charge < -0.3 is 14.5 Å². The number of ether oxygens (including phenoxy) is 1. The average Bonchev–Trinajstić information content (AvgIpc) is 3.26. The Labute approximate surface area is 164 Å². The largest absolute Gasteiger partial charge is 0.423 e. The summed E-state index contributed by atoms with van der Waals surface area (Å²) in [7, 11) is 0. The Morgan fingerprint density at radius 1 is 1.11 bits per heavy atom. The van der Waals surface area contributed by atoms with Crippen LogP contribution >= 0.6 is 0 Å². The van der Waals surface area contributed by atoms with Gasteiger partial charge in [0.15, 0.2) is 0 Å². The lowest BCUT2D eigenvalue weighted by Crippen LogP contribution is -2.27. The fourth-order valence-electron chi connectivity index (χ4n) is 2.80. The van der Waals surface area contributed by atoms with E-state index in [4.69, 9.17) is 9.15 Å². The van der Waals surface area contributed by atoms with Gasteiger partial charge in [0.2, 0.25) is 12.3 Å². The Morgan fingerprint density at radius 2 is 2.00 bits per heavy atom. The first-order valence-corrected chi connectivity index (χ1v) is 9.55. The molecule has 0 saturated heterocycles. The number of amides is 1. The van der Waals surface area contributed by atoms with Crippen molar-refractivity contribution < 1.29 is 13.9 Å². The van der Waals surface area contributed by atoms with Crippen LogP contribution in [-0.2, 0) is 0 Å². The Morgan fingerprint density at radius 3 is 2.82 bits per heavy atom. The highest BCUT2D eigenvalue weighted by Crippen LogP contribution is 2.25. The highest BCUT2D eigenvalue weighted by Gasteiger charge is 2.09. The van der Waals surface area contributed by atoms with Gasteiger partial charge in [-0.1, -0.05) is 44.7 Å². The van der Waals surface area contributed by atoms with Crippen LogP contribution in [-0.4, -0.2) is 27.8 Å². The first kappa shape index (κ1) is 19.5. The van der Waals surface area contributed by atoms with Crippen LogP contribution in [0.4, 0.5) is 4.79 Å². The van der Waals surface area contributed by atoms with E-state index in [1.54, 1.807) is 24.4 Å². The van der Waals surface area contributed by atoms with E-state index in [1.165, 1.54) is 25.7 Å². The molecule has 146 valence electrons. The van der Waals surface area contributed by atoms with Crippen LogP contribution in [0.2, 0.25) is 0 Å². The summed E-state index contributed by atoms with van der Waals surface area (Å²) in [6.07, 6.45) is 8.23. The number of unbranched alkanes of at least 4 members (excludes halogenated alkanes) is 4. The third-order valence-corrected chi connectivity index (χ3v) is 4.26. The number of pyridine rings is 1. The fraction of sp³-hybridized carbons (Fsp3) is 0.333. The lowest BCUT2D eigenvalue weighted by Gasteiger charge is -2.08. The zero-order valence-electron chi connectivity index (χ0n) is 15.9. The van der Waals surface area contributed by atoms with Crippen LogP contribution < -0.4 is 10.1 Å². The van der Waals surface area contributed by atoms with Crippen LogP contribution in [0.3, 0.4) is 0 Å². The number of hydrogen-bond acceptors (Lipinski definition) is 6. The Bertz CT molecular complexity index is 881. The van der Waals surface area contributed by atoms with E-state index in [0.29, 0.717) is 18.2 Å². The average molecular weight is 380 g/mol. The molecule has 1 amide bonds. The Kier molecular flexibility index (Phi) is 7.12. The highest BCUT2D eigenvalue weighted by molar-refractivity contribution is 5.72. The second-order valence-electron chi connectivity index (χ2n) is 6.43. The maximum Gasteiger partial charge on any atom is 0.412 e. The van der Waals surface area contributed by atoms with Crippen molar-refractivity contribution in [3.05, 3.63) is 49.0 Å². The maximum absolute atomic E-state index is 12.0. The molecule has 0 aliphatic carbocycles. The minimum atomic E-state index is -0.444. The minimum absolute atomic E-state index is 0.425. The van der Waals surface area contributed by atoms with E-state index < -0.39 is 6.09 Å². The van der Waals surface area contributed by atoms with Crippen molar-refractivity contribution in [2.75, 3.05) is 6.54 Å². The van der Waals surface area contributed by atoms with Crippen LogP contribution in [0.25, 0.3) is 22.7 Å². The number of rotatable bonds is 9. The molecule has 28 heavy (non-hydrogen) atoms. The van der Waals surface area contributed by atoms with Crippen molar-refractivity contribution in [3.63, 3.8) is 0 Å². The van der Waals surface area contributed by atoms with Crippen LogP contribution in [0.1, 0.15) is 39.0 Å². The first-order valence-electron chi connectivity index (χ1n) is 9.55. The molecule has 0 saturated carbocycles. The first-order chi connectivity index (χ1) is 13.8. The van der Waals surface area contributed by atoms with Crippen molar-refractivity contribution in [1.29, 1.82) is 0 Å². The molecule has 2 aromatic heterocycles. The third kappa shape index (κ3) is 5.64. The molecular formula is C21H24N4O3. The topological polar surface area (TPSA) is 90.1 Å². The molecule has 0 unspecified atom stereocenters. The van der Waals surface area contributed by atoms with Gasteiger partial charge in [0.1, 0.15) is 5.75 Å². The number of hydrogen-bond donors (Lipinski definition) is 1. The summed E-state index contributed by atoms with van der Waals surface area (Å²) in [6, 6.07) is 10.9. The monoisotopic (exact) mass is 380 g/mol. The summed E-state index contributed by atoms with van der Waals surface area (Å²) in [6.45, 7) is 2.80. The number of carbonyl (C=O) groups is 1. The quantitative estimate of drug-likeness (QED) is 0.533. The van der Waals surface area contributed by atoms with Gasteiger partial charge in [-0.25, -0.2) is 4.79 Å². The summed E-state index contributed by atoms with van der Waals surface area (Å²) in [4.78, 5) is 16.4. The van der Waals surface area contributed by atoms with Crippen molar-refractivity contribution in [3.8, 4) is 28.5 Å². The van der Waals surface area contributed by atoms with Gasteiger partial charge >= 0.3 is 6.09 Å². The number of carbonyl (C=O) groups excluding carboxylic acids is 1. The summed E-state index contributed by atoms with van der Waals surface area (Å²) >= 11 is 0. The molecule has 3 aromatic rings. The van der Waals surface area contributed by atoms with Gasteiger partial charge in [0.05, 0.1) is 5.69 Å². The van der Waals surface area contributed by atoms with Crippen molar-refractivity contribution in [2.24, 2.45) is 0 Å². The van der Waals surface area contributed by atoms with Gasteiger partial charge in [-0.2, -0.15) is 0 Å². The molecule has 1 aromatic carbocycles. The molecule has 0 aliphatic rings. The minimum Gasteiger partial charge on any atom is -0.423 e. The van der Waals surface area contributed by atoms with Crippen LogP contribution in [0.5, 0.6) is 5.75 Å². The summed E-state index contributed by atoms with van der Waals surface area (Å²) in [5.74, 6) is 0.889. The van der Waals surface area contributed by atoms with E-state index >= 15 is 0 Å². The van der Waals surface area contributed by atoms with Gasteiger partial charge in [0.25, 0.3) is 0 Å². The van der Waals surface area contributed by atoms with E-state index in [-0.39, 0.29) is 0 Å². The van der Waals surface area contributed by atoms with Gasteiger partial charge in [-0.05, 0) is 30.7 Å². The van der Waals surface area contributed by atoms with E-state index in [0.717, 1.165) is 29.7 Å². The molecule has 0 spiro atoms. The summed E-state index contributed by atoms with van der Waals surface area (Å²) in [5, 5.41) is 10.4. The van der Waals surface area contributed by atoms with Crippen molar-refractivity contribution in [1.82, 2.24) is 20.5 Å². The maximum atomic E-state index is 12.0. The van der Waals surface area contributed by atoms with Gasteiger partial charge in [-0.3, -0.25) is 4.98 Å². The smallest absolute Gasteiger partial charge is 0.412 e. The predicted molar refractivity (Wildman–Crippen MR) is 106 cm³/mol. The zero-order chi connectivity index (χ0) is 19.6. The molecule has 2 heterocycles. The standard InChI is InChI=1S/C21H24N4O3/c1-2-3-4-5-6-11-23-21(26)28-18-9-7-8-16(13-18)19-14-17(10-12-22-19)20-25-24-15-27-20/h7-10,12-15H,2-6,11H2,1H3,(H,23,26). The van der Waals surface area contributed by atoms with Crippen molar-refractivity contribution in [2.45, 2.75) is 39.0 Å². The van der Waals surface area contributed by atoms with E-state index in [2.05, 4.69) is 27.4 Å². The molecule has 0 aliphatic heterocycles. The van der Waals surface area contributed by atoms with Crippen molar-refractivity contribution >= 4 is 6.09 Å². The van der Waals surface area contributed by atoms with Gasteiger partial charge in [0, 0.05) is 23.9 Å². The molecule has 0 atom stereocenters. The molecule has 0 radical (unpaired) electrons. The van der Waals surface area contributed by atoms with E-state index in [1.807, 2.05) is 18.2 Å². The highest BCUT2D eigenvalue weighted by atomic mass is 16.6. The molecule has 1 N–H and O–H groups in total. The number of nitrogens with one attached hydrogen (secondary N) is 1. The number of benzene rings is 1. The molecule has 0 bridgehead atoms. The summed E-state index contributed by atoms with van der Waals surface area (Å²) in [5.41, 5.74) is 2.32. The third-order valence-electron chi connectivity index (χ3n) is 4.26. The second-order valence-corrected chi connectivity index (χ2v) is 6.43. The lowest BCUT2D eigenvalue weighted by atomic mass is 10.1. The Hall–Kier alpha value is -3.22. The molecule has 3 rings (SSSR count). The Balaban J connectivity index is 1.58. The lowest BCUT2D eigenvalue weighted by molar-refractivity contribution is 0.200. The number of nitrogens with zero attached hydrogens (tertiary/aromatic N) is 3. The fourth-order valence-corrected chi connectivity index (χ4v) is 2.80. The normalized spacial score (nSPS) is 10.6. The van der Waals surface area contributed by atoms with E-state index in [9.17, 15) is 4.79 Å². The molecule has 7 nitrogen and oxygen atoms in total. The SMILES string of the molecule is CCCCCCCNC(=O)Oc1cccc(-c2cc(-c3nnco3)ccn2)c1. The molecule has 7 heteroatoms. The summed E-state index contributed by atoms with van der Waals surface area (Å²) < 4.78 is 10.6. The molecular weight excluding hydrogens is 356 g/mol. The zero-order valence-corrected chi connectivity index (χ0v) is 15.9. The number of aromatic nitrogens is 3. The molecule has 0 fully saturated rings. The van der Waals surface area contributed by atoms with Gasteiger partial charge in [-0.15, -0.1) is 10.2 Å². The second kappa shape index (κ2) is 10.2. The predicted octanol–water partition coefficient (Wildman–Crippen LogP) is 4.86. The van der Waals surface area contributed by atoms with Crippen LogP contribution in [0, 0.1) is 0 Å².